The van der Waals surface area contributed by atoms with Crippen molar-refractivity contribution in [3.05, 3.63) is 70.7 Å². The van der Waals surface area contributed by atoms with E-state index in [9.17, 15) is 8.78 Å². The molecule has 2 aromatic rings. The highest BCUT2D eigenvalue weighted by molar-refractivity contribution is 6.30. The van der Waals surface area contributed by atoms with Crippen LogP contribution in [0.3, 0.4) is 0 Å². The Labute approximate surface area is 104 Å². The summed E-state index contributed by atoms with van der Waals surface area (Å²) in [7, 11) is 0. The average Bonchev–Trinajstić information content (AvgIpc) is 2.30. The Morgan fingerprint density at radius 1 is 0.824 bits per heavy atom. The third-order valence-electron chi connectivity index (χ3n) is 2.62. The molecule has 0 aliphatic rings. The first-order chi connectivity index (χ1) is 8.18. The van der Waals surface area contributed by atoms with E-state index in [1.807, 2.05) is 6.07 Å². The van der Waals surface area contributed by atoms with Crippen molar-refractivity contribution in [1.82, 2.24) is 0 Å². The van der Waals surface area contributed by atoms with Crippen molar-refractivity contribution in [2.45, 2.75) is 12.3 Å². The van der Waals surface area contributed by atoms with E-state index in [-0.39, 0.29) is 0 Å². The Kier molecular flexibility index (Phi) is 3.75. The van der Waals surface area contributed by atoms with E-state index in [0.29, 0.717) is 16.1 Å². The molecule has 0 spiro atoms. The Morgan fingerprint density at radius 3 is 2.06 bits per heavy atom. The van der Waals surface area contributed by atoms with Gasteiger partial charge in [-0.3, -0.25) is 0 Å². The molecule has 0 aliphatic heterocycles. The number of hydrogen-bond donors (Lipinski definition) is 0. The molecule has 3 heteroatoms. The second-order valence-corrected chi connectivity index (χ2v) is 4.21. The summed E-state index contributed by atoms with van der Waals surface area (Å²) in [6.07, 6.45) is -2.45. The van der Waals surface area contributed by atoms with Gasteiger partial charge in [-0.2, -0.15) is 0 Å². The second kappa shape index (κ2) is 5.28. The molecule has 0 bridgehead atoms. The van der Waals surface area contributed by atoms with Crippen molar-refractivity contribution in [2.24, 2.45) is 0 Å². The molecule has 0 aromatic heterocycles. The second-order valence-electron chi connectivity index (χ2n) is 3.78. The SMILES string of the molecule is FC(F)C(c1ccccc1)c1cccc(Cl)c1. The molecule has 0 N–H and O–H groups in total. The van der Waals surface area contributed by atoms with Gasteiger partial charge in [-0.15, -0.1) is 0 Å². The Balaban J connectivity index is 2.43. The predicted octanol–water partition coefficient (Wildman–Crippen LogP) is 4.74. The lowest BCUT2D eigenvalue weighted by atomic mass is 9.92. The van der Waals surface area contributed by atoms with E-state index in [1.165, 1.54) is 0 Å². The third-order valence-corrected chi connectivity index (χ3v) is 2.85. The molecule has 0 amide bonds. The van der Waals surface area contributed by atoms with E-state index < -0.39 is 12.3 Å². The lowest BCUT2D eigenvalue weighted by molar-refractivity contribution is 0.129. The summed E-state index contributed by atoms with van der Waals surface area (Å²) in [5.74, 6) is -0.921. The summed E-state index contributed by atoms with van der Waals surface area (Å²) in [6, 6.07) is 15.4. The van der Waals surface area contributed by atoms with Crippen LogP contribution in [0.4, 0.5) is 8.78 Å². The maximum Gasteiger partial charge on any atom is 0.249 e. The van der Waals surface area contributed by atoms with Crippen LogP contribution in [0, 0.1) is 0 Å². The van der Waals surface area contributed by atoms with Crippen molar-refractivity contribution < 1.29 is 8.78 Å². The molecule has 88 valence electrons. The standard InChI is InChI=1S/C14H11ClF2/c15-12-8-4-7-11(9-12)13(14(16)17)10-5-2-1-3-6-10/h1-9,13-14H. The number of halogens is 3. The fourth-order valence-corrected chi connectivity index (χ4v) is 2.04. The molecule has 2 aromatic carbocycles. The summed E-state index contributed by atoms with van der Waals surface area (Å²) in [4.78, 5) is 0. The van der Waals surface area contributed by atoms with Crippen molar-refractivity contribution in [2.75, 3.05) is 0 Å². The van der Waals surface area contributed by atoms with Gasteiger partial charge in [0.2, 0.25) is 6.43 Å². The highest BCUT2D eigenvalue weighted by atomic mass is 35.5. The summed E-state index contributed by atoms with van der Waals surface area (Å²) < 4.78 is 26.3. The van der Waals surface area contributed by atoms with Gasteiger partial charge in [0.15, 0.2) is 0 Å². The molecule has 1 atom stereocenters. The lowest BCUT2D eigenvalue weighted by Gasteiger charge is -2.17. The normalized spacial score (nSPS) is 12.7. The first-order valence-corrected chi connectivity index (χ1v) is 5.65. The van der Waals surface area contributed by atoms with E-state index in [1.54, 1.807) is 48.5 Å². The van der Waals surface area contributed by atoms with Crippen LogP contribution in [-0.4, -0.2) is 6.43 Å². The van der Waals surface area contributed by atoms with E-state index in [2.05, 4.69) is 0 Å². The molecular formula is C14H11ClF2. The van der Waals surface area contributed by atoms with Gasteiger partial charge >= 0.3 is 0 Å². The minimum atomic E-state index is -2.45. The summed E-state index contributed by atoms with van der Waals surface area (Å²) in [5.41, 5.74) is 1.14. The van der Waals surface area contributed by atoms with Crippen molar-refractivity contribution in [1.29, 1.82) is 0 Å². The van der Waals surface area contributed by atoms with Crippen LogP contribution in [0.15, 0.2) is 54.6 Å². The van der Waals surface area contributed by atoms with Gasteiger partial charge in [-0.1, -0.05) is 54.1 Å². The summed E-state index contributed by atoms with van der Waals surface area (Å²) in [5, 5.41) is 0.476. The molecule has 1 unspecified atom stereocenters. The third kappa shape index (κ3) is 2.83. The van der Waals surface area contributed by atoms with Gasteiger partial charge in [0, 0.05) is 5.02 Å². The molecule has 0 radical (unpaired) electrons. The van der Waals surface area contributed by atoms with Crippen molar-refractivity contribution >= 4 is 11.6 Å². The molecule has 0 heterocycles. The topological polar surface area (TPSA) is 0 Å². The minimum absolute atomic E-state index is 0.476. The van der Waals surface area contributed by atoms with E-state index in [0.717, 1.165) is 0 Å². The highest BCUT2D eigenvalue weighted by Crippen LogP contribution is 2.31. The van der Waals surface area contributed by atoms with Crippen molar-refractivity contribution in [3.63, 3.8) is 0 Å². The zero-order chi connectivity index (χ0) is 12.3. The van der Waals surface area contributed by atoms with Gasteiger partial charge in [0.25, 0.3) is 0 Å². The number of alkyl halides is 2. The molecule has 2 rings (SSSR count). The van der Waals surface area contributed by atoms with Gasteiger partial charge < -0.3 is 0 Å². The molecule has 0 saturated carbocycles. The molecule has 0 saturated heterocycles. The Bertz CT molecular complexity index is 483. The van der Waals surface area contributed by atoms with Crippen LogP contribution in [0.5, 0.6) is 0 Å². The monoisotopic (exact) mass is 252 g/mol. The molecular weight excluding hydrogens is 242 g/mol. The fraction of sp³-hybridized carbons (Fsp3) is 0.143. The maximum atomic E-state index is 13.2. The largest absolute Gasteiger partial charge is 0.249 e. The molecule has 0 aliphatic carbocycles. The number of rotatable bonds is 3. The first-order valence-electron chi connectivity index (χ1n) is 5.27. The van der Waals surface area contributed by atoms with Crippen LogP contribution >= 0.6 is 11.6 Å². The predicted molar refractivity (Wildman–Crippen MR) is 65.7 cm³/mol. The summed E-state index contributed by atoms with van der Waals surface area (Å²) in [6.45, 7) is 0. The van der Waals surface area contributed by atoms with Gasteiger partial charge in [-0.05, 0) is 23.3 Å². The maximum absolute atomic E-state index is 13.2. The van der Waals surface area contributed by atoms with Gasteiger partial charge in [-0.25, -0.2) is 8.78 Å². The van der Waals surface area contributed by atoms with Crippen LogP contribution in [-0.2, 0) is 0 Å². The Hall–Kier alpha value is -1.41. The highest BCUT2D eigenvalue weighted by Gasteiger charge is 2.24. The van der Waals surface area contributed by atoms with Gasteiger partial charge in [0.1, 0.15) is 0 Å². The number of benzene rings is 2. The smallest absolute Gasteiger partial charge is 0.209 e. The van der Waals surface area contributed by atoms with Crippen LogP contribution < -0.4 is 0 Å². The zero-order valence-corrected chi connectivity index (χ0v) is 9.74. The first kappa shape index (κ1) is 12.1. The molecule has 17 heavy (non-hydrogen) atoms. The lowest BCUT2D eigenvalue weighted by Crippen LogP contribution is -2.10. The van der Waals surface area contributed by atoms with Gasteiger partial charge in [0.05, 0.1) is 5.92 Å². The van der Waals surface area contributed by atoms with Crippen molar-refractivity contribution in [3.8, 4) is 0 Å². The summed E-state index contributed by atoms with van der Waals surface area (Å²) >= 11 is 5.84. The Morgan fingerprint density at radius 2 is 1.47 bits per heavy atom. The average molecular weight is 253 g/mol. The molecule has 0 nitrogen and oxygen atoms in total. The molecule has 0 fully saturated rings. The van der Waals surface area contributed by atoms with Crippen LogP contribution in [0.2, 0.25) is 5.02 Å². The van der Waals surface area contributed by atoms with Crippen LogP contribution in [0.1, 0.15) is 17.0 Å². The quantitative estimate of drug-likeness (QED) is 0.740. The van der Waals surface area contributed by atoms with Crippen LogP contribution in [0.25, 0.3) is 0 Å². The fourth-order valence-electron chi connectivity index (χ4n) is 1.84. The minimum Gasteiger partial charge on any atom is -0.209 e. The number of hydrogen-bond acceptors (Lipinski definition) is 0. The van der Waals surface area contributed by atoms with E-state index in [4.69, 9.17) is 11.6 Å². The van der Waals surface area contributed by atoms with E-state index >= 15 is 0 Å². The zero-order valence-electron chi connectivity index (χ0n) is 8.98.